The molecule has 2 fully saturated rings. The SMILES string of the molecule is Cc1ccc(N(C2CCN([C@@H]3CCCC[C@@H]3c3ccccc3)CC2)S(=O)(=O)c2ccccc2C)cc1. The van der Waals surface area contributed by atoms with Crippen LogP contribution in [0.25, 0.3) is 0 Å². The molecular formula is C31H38N2O2S. The second-order valence-corrected chi connectivity index (χ2v) is 12.3. The van der Waals surface area contributed by atoms with Gasteiger partial charge < -0.3 is 0 Å². The summed E-state index contributed by atoms with van der Waals surface area (Å²) in [6, 6.07) is 26.8. The maximum atomic E-state index is 14.1. The molecule has 0 N–H and O–H groups in total. The molecule has 36 heavy (non-hydrogen) atoms. The third-order valence-corrected chi connectivity index (χ3v) is 10.2. The van der Waals surface area contributed by atoms with E-state index in [1.54, 1.807) is 10.4 Å². The maximum absolute atomic E-state index is 14.1. The minimum absolute atomic E-state index is 0.0488. The summed E-state index contributed by atoms with van der Waals surface area (Å²) >= 11 is 0. The second kappa shape index (κ2) is 10.8. The van der Waals surface area contributed by atoms with Crippen molar-refractivity contribution in [2.24, 2.45) is 0 Å². The van der Waals surface area contributed by atoms with Crippen LogP contribution in [0.3, 0.4) is 0 Å². The lowest BCUT2D eigenvalue weighted by Crippen LogP contribution is -2.51. The Morgan fingerprint density at radius 2 is 1.39 bits per heavy atom. The molecule has 5 heteroatoms. The molecule has 3 aromatic rings. The Kier molecular flexibility index (Phi) is 7.49. The number of likely N-dealkylation sites (tertiary alicyclic amines) is 1. The van der Waals surface area contributed by atoms with Gasteiger partial charge in [0, 0.05) is 25.2 Å². The van der Waals surface area contributed by atoms with E-state index in [2.05, 4.69) is 35.2 Å². The molecule has 0 amide bonds. The highest BCUT2D eigenvalue weighted by Crippen LogP contribution is 2.39. The molecule has 0 radical (unpaired) electrons. The van der Waals surface area contributed by atoms with E-state index in [-0.39, 0.29) is 6.04 Å². The van der Waals surface area contributed by atoms with Gasteiger partial charge in [-0.2, -0.15) is 0 Å². The number of aryl methyl sites for hydroxylation is 2. The second-order valence-electron chi connectivity index (χ2n) is 10.5. The van der Waals surface area contributed by atoms with Crippen molar-refractivity contribution >= 4 is 15.7 Å². The molecule has 3 aromatic carbocycles. The van der Waals surface area contributed by atoms with E-state index in [4.69, 9.17) is 0 Å². The number of benzene rings is 3. The monoisotopic (exact) mass is 502 g/mol. The van der Waals surface area contributed by atoms with Gasteiger partial charge in [0.25, 0.3) is 10.0 Å². The summed E-state index contributed by atoms with van der Waals surface area (Å²) in [4.78, 5) is 3.06. The molecule has 1 aliphatic carbocycles. The molecule has 2 aliphatic rings. The third kappa shape index (κ3) is 5.09. The zero-order chi connectivity index (χ0) is 25.1. The quantitative estimate of drug-likeness (QED) is 0.377. The topological polar surface area (TPSA) is 40.6 Å². The molecule has 2 atom stereocenters. The summed E-state index contributed by atoms with van der Waals surface area (Å²) in [7, 11) is -3.68. The van der Waals surface area contributed by atoms with Crippen LogP contribution < -0.4 is 4.31 Å². The average Bonchev–Trinajstić information content (AvgIpc) is 2.91. The van der Waals surface area contributed by atoms with Crippen molar-refractivity contribution in [3.05, 3.63) is 95.6 Å². The standard InChI is InChI=1S/C31H38N2O2S/c1-24-16-18-27(19-17-24)33(36(34,35)31-15-9-6-10-25(31)2)28-20-22-32(23-21-28)30-14-8-7-13-29(30)26-11-4-3-5-12-26/h3-6,9-12,15-19,28-30H,7-8,13-14,20-23H2,1-2H3/t29-,30-/m1/s1. The first kappa shape index (κ1) is 25.0. The van der Waals surface area contributed by atoms with Gasteiger partial charge in [0.1, 0.15) is 0 Å². The first-order valence-electron chi connectivity index (χ1n) is 13.4. The fourth-order valence-corrected chi connectivity index (χ4v) is 8.22. The predicted octanol–water partition coefficient (Wildman–Crippen LogP) is 6.69. The van der Waals surface area contributed by atoms with E-state index in [9.17, 15) is 8.42 Å². The number of hydrogen-bond acceptors (Lipinski definition) is 3. The van der Waals surface area contributed by atoms with Crippen LogP contribution in [0.15, 0.2) is 83.8 Å². The fraction of sp³-hybridized carbons (Fsp3) is 0.419. The molecule has 0 spiro atoms. The van der Waals surface area contributed by atoms with Crippen molar-refractivity contribution < 1.29 is 8.42 Å². The summed E-state index contributed by atoms with van der Waals surface area (Å²) in [5, 5.41) is 0. The van der Waals surface area contributed by atoms with Gasteiger partial charge in [0.15, 0.2) is 0 Å². The molecule has 190 valence electrons. The molecule has 0 unspecified atom stereocenters. The van der Waals surface area contributed by atoms with E-state index in [0.717, 1.165) is 42.7 Å². The van der Waals surface area contributed by atoms with Gasteiger partial charge in [0.2, 0.25) is 0 Å². The molecule has 0 bridgehead atoms. The van der Waals surface area contributed by atoms with Crippen LogP contribution in [-0.2, 0) is 10.0 Å². The molecule has 1 saturated heterocycles. The van der Waals surface area contributed by atoms with Gasteiger partial charge in [-0.15, -0.1) is 0 Å². The highest BCUT2D eigenvalue weighted by atomic mass is 32.2. The lowest BCUT2D eigenvalue weighted by molar-refractivity contribution is 0.107. The van der Waals surface area contributed by atoms with E-state index < -0.39 is 10.0 Å². The highest BCUT2D eigenvalue weighted by Gasteiger charge is 2.38. The van der Waals surface area contributed by atoms with Crippen LogP contribution in [0.2, 0.25) is 0 Å². The number of piperidine rings is 1. The molecule has 1 aliphatic heterocycles. The Balaban J connectivity index is 1.40. The van der Waals surface area contributed by atoms with Gasteiger partial charge in [-0.3, -0.25) is 9.21 Å². The van der Waals surface area contributed by atoms with Crippen molar-refractivity contribution in [1.82, 2.24) is 4.90 Å². The number of rotatable bonds is 6. The lowest BCUT2D eigenvalue weighted by atomic mass is 9.78. The van der Waals surface area contributed by atoms with Crippen LogP contribution in [0, 0.1) is 13.8 Å². The predicted molar refractivity (Wildman–Crippen MR) is 148 cm³/mol. The summed E-state index contributed by atoms with van der Waals surface area (Å²) in [6.07, 6.45) is 6.74. The van der Waals surface area contributed by atoms with Gasteiger partial charge in [-0.05, 0) is 74.8 Å². The number of anilines is 1. The van der Waals surface area contributed by atoms with E-state index in [0.29, 0.717) is 16.9 Å². The van der Waals surface area contributed by atoms with Crippen LogP contribution in [0.4, 0.5) is 5.69 Å². The summed E-state index contributed by atoms with van der Waals surface area (Å²) in [5.41, 5.74) is 4.14. The Morgan fingerprint density at radius 1 is 0.750 bits per heavy atom. The van der Waals surface area contributed by atoms with Gasteiger partial charge in [-0.1, -0.05) is 79.1 Å². The zero-order valence-electron chi connectivity index (χ0n) is 21.5. The smallest absolute Gasteiger partial charge is 0.264 e. The summed E-state index contributed by atoms with van der Waals surface area (Å²) in [5.74, 6) is 0.570. The maximum Gasteiger partial charge on any atom is 0.264 e. The van der Waals surface area contributed by atoms with Crippen molar-refractivity contribution in [1.29, 1.82) is 0 Å². The largest absolute Gasteiger partial charge is 0.300 e. The first-order chi connectivity index (χ1) is 17.4. The summed E-state index contributed by atoms with van der Waals surface area (Å²) < 4.78 is 29.9. The van der Waals surface area contributed by atoms with E-state index in [1.165, 1.54) is 31.2 Å². The normalized spacial score (nSPS) is 21.8. The van der Waals surface area contributed by atoms with Crippen LogP contribution >= 0.6 is 0 Å². The first-order valence-corrected chi connectivity index (χ1v) is 14.8. The van der Waals surface area contributed by atoms with Crippen molar-refractivity contribution in [3.63, 3.8) is 0 Å². The lowest BCUT2D eigenvalue weighted by Gasteiger charge is -2.45. The van der Waals surface area contributed by atoms with Crippen LogP contribution in [-0.4, -0.2) is 38.5 Å². The van der Waals surface area contributed by atoms with Crippen LogP contribution in [0.5, 0.6) is 0 Å². The Hall–Kier alpha value is -2.63. The minimum atomic E-state index is -3.68. The highest BCUT2D eigenvalue weighted by molar-refractivity contribution is 7.93. The third-order valence-electron chi connectivity index (χ3n) is 8.18. The van der Waals surface area contributed by atoms with Gasteiger partial charge in [0.05, 0.1) is 10.6 Å². The molecule has 1 heterocycles. The molecular weight excluding hydrogens is 464 g/mol. The van der Waals surface area contributed by atoms with Crippen molar-refractivity contribution in [3.8, 4) is 0 Å². The molecule has 1 saturated carbocycles. The van der Waals surface area contributed by atoms with Gasteiger partial charge in [-0.25, -0.2) is 8.42 Å². The molecule has 5 rings (SSSR count). The van der Waals surface area contributed by atoms with E-state index >= 15 is 0 Å². The van der Waals surface area contributed by atoms with Crippen molar-refractivity contribution in [2.75, 3.05) is 17.4 Å². The Bertz CT molecular complexity index is 1250. The molecule has 0 aromatic heterocycles. The van der Waals surface area contributed by atoms with Crippen LogP contribution in [0.1, 0.15) is 61.1 Å². The Labute approximate surface area is 217 Å². The minimum Gasteiger partial charge on any atom is -0.300 e. The van der Waals surface area contributed by atoms with Crippen molar-refractivity contribution in [2.45, 2.75) is 75.3 Å². The number of sulfonamides is 1. The Morgan fingerprint density at radius 3 is 2.08 bits per heavy atom. The molecule has 4 nitrogen and oxygen atoms in total. The average molecular weight is 503 g/mol. The summed E-state index contributed by atoms with van der Waals surface area (Å²) in [6.45, 7) is 5.79. The zero-order valence-corrected chi connectivity index (χ0v) is 22.3. The number of hydrogen-bond donors (Lipinski definition) is 0. The van der Waals surface area contributed by atoms with Gasteiger partial charge >= 0.3 is 0 Å². The fourth-order valence-electron chi connectivity index (χ4n) is 6.28. The van der Waals surface area contributed by atoms with E-state index in [1.807, 2.05) is 56.3 Å². The number of nitrogens with zero attached hydrogens (tertiary/aromatic N) is 2.